The molecule has 4 aliphatic carbocycles. The van der Waals surface area contributed by atoms with Crippen LogP contribution in [0.3, 0.4) is 0 Å². The molecule has 1 heterocycles. The first-order valence-electron chi connectivity index (χ1n) is 11.0. The van der Waals surface area contributed by atoms with E-state index in [9.17, 15) is 9.59 Å². The van der Waals surface area contributed by atoms with Crippen LogP contribution >= 0.6 is 12.2 Å². The Labute approximate surface area is 177 Å². The highest BCUT2D eigenvalue weighted by Crippen LogP contribution is 2.60. The topological polar surface area (TPSA) is 61.4 Å². The quantitative estimate of drug-likeness (QED) is 0.740. The van der Waals surface area contributed by atoms with Crippen molar-refractivity contribution in [3.63, 3.8) is 0 Å². The third-order valence-electron chi connectivity index (χ3n) is 7.51. The molecule has 2 amide bonds. The van der Waals surface area contributed by atoms with Gasteiger partial charge in [-0.25, -0.2) is 0 Å². The fraction of sp³-hybridized carbons (Fsp3) is 0.609. The first-order valence-corrected chi connectivity index (χ1v) is 11.4. The van der Waals surface area contributed by atoms with E-state index in [0.717, 1.165) is 68.6 Å². The van der Waals surface area contributed by atoms with Crippen molar-refractivity contribution >= 4 is 34.8 Å². The summed E-state index contributed by atoms with van der Waals surface area (Å²) in [5, 5.41) is 6.42. The highest BCUT2D eigenvalue weighted by Gasteiger charge is 2.54. The van der Waals surface area contributed by atoms with E-state index in [-0.39, 0.29) is 17.2 Å². The van der Waals surface area contributed by atoms with Crippen molar-refractivity contribution in [3.05, 3.63) is 29.8 Å². The second-order valence-electron chi connectivity index (χ2n) is 9.69. The van der Waals surface area contributed by atoms with Gasteiger partial charge >= 0.3 is 0 Å². The number of thiocarbonyl (C=S) groups is 1. The summed E-state index contributed by atoms with van der Waals surface area (Å²) >= 11 is 5.45. The van der Waals surface area contributed by atoms with Gasteiger partial charge in [0.1, 0.15) is 0 Å². The molecule has 2 N–H and O–H groups in total. The minimum absolute atomic E-state index is 0.0645. The van der Waals surface area contributed by atoms with E-state index in [0.29, 0.717) is 10.7 Å². The predicted octanol–water partition coefficient (Wildman–Crippen LogP) is 3.95. The Balaban J connectivity index is 1.23. The van der Waals surface area contributed by atoms with Gasteiger partial charge in [-0.15, -0.1) is 0 Å². The van der Waals surface area contributed by atoms with Crippen molar-refractivity contribution in [1.82, 2.24) is 10.2 Å². The molecule has 0 aromatic heterocycles. The van der Waals surface area contributed by atoms with Crippen LogP contribution < -0.4 is 10.6 Å². The second-order valence-corrected chi connectivity index (χ2v) is 10.1. The Kier molecular flexibility index (Phi) is 4.85. The number of hydrogen-bond acceptors (Lipinski definition) is 3. The van der Waals surface area contributed by atoms with Crippen LogP contribution in [0.25, 0.3) is 0 Å². The van der Waals surface area contributed by atoms with Crippen molar-refractivity contribution in [2.75, 3.05) is 18.4 Å². The molecule has 154 valence electrons. The summed E-state index contributed by atoms with van der Waals surface area (Å²) in [4.78, 5) is 27.7. The Morgan fingerprint density at radius 2 is 1.62 bits per heavy atom. The van der Waals surface area contributed by atoms with Crippen LogP contribution in [0.4, 0.5) is 5.69 Å². The van der Waals surface area contributed by atoms with Crippen LogP contribution in [0.5, 0.6) is 0 Å². The number of likely N-dealkylation sites (tertiary alicyclic amines) is 1. The SMILES string of the molecule is O=C(c1cccc(NC(=S)NC(=O)C23CC4CC(CC(C4)C2)C3)c1)N1CCCC1. The van der Waals surface area contributed by atoms with Crippen LogP contribution in [0.1, 0.15) is 61.7 Å². The number of rotatable bonds is 3. The number of nitrogens with one attached hydrogen (secondary N) is 2. The zero-order chi connectivity index (χ0) is 20.0. The maximum atomic E-state index is 13.1. The van der Waals surface area contributed by atoms with Crippen LogP contribution in [0, 0.1) is 23.2 Å². The monoisotopic (exact) mass is 411 g/mol. The van der Waals surface area contributed by atoms with Crippen molar-refractivity contribution in [3.8, 4) is 0 Å². The summed E-state index contributed by atoms with van der Waals surface area (Å²) < 4.78 is 0. The zero-order valence-corrected chi connectivity index (χ0v) is 17.6. The van der Waals surface area contributed by atoms with Crippen molar-refractivity contribution in [2.45, 2.75) is 51.4 Å². The highest BCUT2D eigenvalue weighted by atomic mass is 32.1. The molecule has 4 saturated carbocycles. The molecule has 1 saturated heterocycles. The minimum Gasteiger partial charge on any atom is -0.339 e. The lowest BCUT2D eigenvalue weighted by Gasteiger charge is -2.55. The van der Waals surface area contributed by atoms with Crippen LogP contribution in [-0.2, 0) is 4.79 Å². The second kappa shape index (κ2) is 7.38. The molecule has 0 atom stereocenters. The lowest BCUT2D eigenvalue weighted by molar-refractivity contribution is -0.144. The number of carbonyl (C=O) groups excluding carboxylic acids is 2. The number of nitrogens with zero attached hydrogens (tertiary/aromatic N) is 1. The number of carbonyl (C=O) groups is 2. The van der Waals surface area contributed by atoms with E-state index < -0.39 is 0 Å². The van der Waals surface area contributed by atoms with E-state index >= 15 is 0 Å². The summed E-state index contributed by atoms with van der Waals surface area (Å²) in [6, 6.07) is 7.39. The van der Waals surface area contributed by atoms with Gasteiger partial charge in [0.2, 0.25) is 5.91 Å². The summed E-state index contributed by atoms with van der Waals surface area (Å²) in [6.45, 7) is 1.66. The molecular formula is C23H29N3O2S. The minimum atomic E-state index is -0.214. The number of anilines is 1. The Morgan fingerprint density at radius 1 is 1.00 bits per heavy atom. The molecule has 5 fully saturated rings. The maximum absolute atomic E-state index is 13.1. The Bertz CT molecular complexity index is 811. The lowest BCUT2D eigenvalue weighted by Crippen LogP contribution is -2.55. The maximum Gasteiger partial charge on any atom is 0.253 e. The average molecular weight is 412 g/mol. The van der Waals surface area contributed by atoms with Crippen molar-refractivity contribution in [1.29, 1.82) is 0 Å². The molecule has 1 aromatic rings. The van der Waals surface area contributed by atoms with Crippen LogP contribution in [0.2, 0.25) is 0 Å². The molecule has 6 heteroatoms. The van der Waals surface area contributed by atoms with Gasteiger partial charge in [-0.2, -0.15) is 0 Å². The number of hydrogen-bond donors (Lipinski definition) is 2. The molecule has 29 heavy (non-hydrogen) atoms. The van der Waals surface area contributed by atoms with Crippen molar-refractivity contribution in [2.24, 2.45) is 23.2 Å². The van der Waals surface area contributed by atoms with Gasteiger partial charge in [-0.1, -0.05) is 6.07 Å². The van der Waals surface area contributed by atoms with Crippen LogP contribution in [-0.4, -0.2) is 34.9 Å². The predicted molar refractivity (Wildman–Crippen MR) is 117 cm³/mol. The first-order chi connectivity index (χ1) is 14.0. The van der Waals surface area contributed by atoms with E-state index in [1.807, 2.05) is 29.2 Å². The van der Waals surface area contributed by atoms with Crippen LogP contribution in [0.15, 0.2) is 24.3 Å². The molecule has 4 bridgehead atoms. The van der Waals surface area contributed by atoms with Gasteiger partial charge in [-0.05, 0) is 99.5 Å². The van der Waals surface area contributed by atoms with Crippen molar-refractivity contribution < 1.29 is 9.59 Å². The molecule has 0 unspecified atom stereocenters. The molecular weight excluding hydrogens is 382 g/mol. The fourth-order valence-electron chi connectivity index (χ4n) is 6.62. The first kappa shape index (κ1) is 19.0. The van der Waals surface area contributed by atoms with E-state index in [4.69, 9.17) is 12.2 Å². The van der Waals surface area contributed by atoms with E-state index in [2.05, 4.69) is 10.6 Å². The van der Waals surface area contributed by atoms with Gasteiger partial charge in [-0.3, -0.25) is 9.59 Å². The van der Waals surface area contributed by atoms with Gasteiger partial charge in [0.15, 0.2) is 5.11 Å². The van der Waals surface area contributed by atoms with E-state index in [1.165, 1.54) is 19.3 Å². The number of benzene rings is 1. The normalized spacial score (nSPS) is 32.3. The third kappa shape index (κ3) is 3.67. The standard InChI is InChI=1S/C23H29N3O2S/c27-20(26-6-1-2-7-26)18-4-3-5-19(11-18)24-22(29)25-21(28)23-12-15-8-16(13-23)10-17(9-15)14-23/h3-5,11,15-17H,1-2,6-10,12-14H2,(H2,24,25,28,29). The number of amides is 2. The molecule has 1 aliphatic heterocycles. The van der Waals surface area contributed by atoms with Gasteiger partial charge in [0, 0.05) is 24.3 Å². The lowest BCUT2D eigenvalue weighted by atomic mass is 9.49. The third-order valence-corrected chi connectivity index (χ3v) is 7.71. The molecule has 0 radical (unpaired) electrons. The molecule has 6 rings (SSSR count). The van der Waals surface area contributed by atoms with E-state index in [1.54, 1.807) is 0 Å². The highest BCUT2D eigenvalue weighted by molar-refractivity contribution is 7.80. The summed E-state index contributed by atoms with van der Waals surface area (Å²) in [6.07, 6.45) is 9.15. The summed E-state index contributed by atoms with van der Waals surface area (Å²) in [5.41, 5.74) is 1.19. The molecule has 5 nitrogen and oxygen atoms in total. The smallest absolute Gasteiger partial charge is 0.253 e. The van der Waals surface area contributed by atoms with Gasteiger partial charge in [0.05, 0.1) is 5.41 Å². The summed E-state index contributed by atoms with van der Waals surface area (Å²) in [7, 11) is 0. The zero-order valence-electron chi connectivity index (χ0n) is 16.8. The Morgan fingerprint density at radius 3 is 2.24 bits per heavy atom. The molecule has 1 aromatic carbocycles. The average Bonchev–Trinajstić information content (AvgIpc) is 3.21. The molecule has 5 aliphatic rings. The van der Waals surface area contributed by atoms with Gasteiger partial charge in [0.25, 0.3) is 5.91 Å². The van der Waals surface area contributed by atoms with Gasteiger partial charge < -0.3 is 15.5 Å². The Hall–Kier alpha value is -1.95. The fourth-order valence-corrected chi connectivity index (χ4v) is 6.83. The summed E-state index contributed by atoms with van der Waals surface area (Å²) in [5.74, 6) is 2.33. The largest absolute Gasteiger partial charge is 0.339 e. The molecule has 0 spiro atoms.